The Hall–Kier alpha value is -3.00. The van der Waals surface area contributed by atoms with Crippen LogP contribution in [0.3, 0.4) is 0 Å². The lowest BCUT2D eigenvalue weighted by Crippen LogP contribution is -1.94. The summed E-state index contributed by atoms with van der Waals surface area (Å²) in [6.07, 6.45) is 3.59. The fraction of sp³-hybridized carbons (Fsp3) is 0.167. The number of hydrogen-bond acceptors (Lipinski definition) is 2. The first-order valence-corrected chi connectivity index (χ1v) is 9.27. The number of nitrogen functional groups attached to an aromatic ring is 2. The highest BCUT2D eigenvalue weighted by Crippen LogP contribution is 2.38. The van der Waals surface area contributed by atoms with Gasteiger partial charge in [0.05, 0.1) is 0 Å². The first kappa shape index (κ1) is 16.5. The van der Waals surface area contributed by atoms with Crippen molar-refractivity contribution in [2.75, 3.05) is 11.5 Å². The van der Waals surface area contributed by atoms with Crippen molar-refractivity contribution in [3.05, 3.63) is 72.3 Å². The van der Waals surface area contributed by atoms with Crippen LogP contribution in [-0.4, -0.2) is 0 Å². The van der Waals surface area contributed by atoms with E-state index < -0.39 is 0 Å². The molecule has 2 nitrogen and oxygen atoms in total. The third-order valence-electron chi connectivity index (χ3n) is 5.13. The van der Waals surface area contributed by atoms with Crippen LogP contribution in [-0.2, 0) is 6.42 Å². The van der Waals surface area contributed by atoms with Crippen molar-refractivity contribution in [2.24, 2.45) is 0 Å². The predicted octanol–water partition coefficient (Wildman–Crippen LogP) is 6.17. The highest BCUT2D eigenvalue weighted by molar-refractivity contribution is 6.15. The lowest BCUT2D eigenvalue weighted by atomic mass is 9.93. The predicted molar refractivity (Wildman–Crippen MR) is 114 cm³/mol. The van der Waals surface area contributed by atoms with Crippen molar-refractivity contribution in [3.8, 4) is 11.1 Å². The topological polar surface area (TPSA) is 52.0 Å². The summed E-state index contributed by atoms with van der Waals surface area (Å²) in [6, 6.07) is 23.4. The van der Waals surface area contributed by atoms with Gasteiger partial charge >= 0.3 is 0 Å². The molecular formula is C24H24N2. The maximum atomic E-state index is 6.60. The summed E-state index contributed by atoms with van der Waals surface area (Å²) in [6.45, 7) is 2.23. The van der Waals surface area contributed by atoms with E-state index in [4.69, 9.17) is 11.5 Å². The molecule has 4 rings (SSSR count). The standard InChI is InChI=1S/C24H24N2/c1-2-3-5-16-8-10-17(11-9-16)21-7-4-6-18-14-19-15-20(25)12-13-22(19)24(26)23(18)21/h4,6-15H,2-3,5,25-26H2,1H3. The third kappa shape index (κ3) is 2.88. The van der Waals surface area contributed by atoms with Gasteiger partial charge in [-0.1, -0.05) is 61.9 Å². The number of hydrogen-bond donors (Lipinski definition) is 2. The van der Waals surface area contributed by atoms with Crippen LogP contribution in [0.2, 0.25) is 0 Å². The van der Waals surface area contributed by atoms with Gasteiger partial charge in [-0.25, -0.2) is 0 Å². The monoisotopic (exact) mass is 340 g/mol. The largest absolute Gasteiger partial charge is 0.399 e. The molecule has 4 aromatic rings. The second-order valence-corrected chi connectivity index (χ2v) is 6.97. The Morgan fingerprint density at radius 2 is 1.62 bits per heavy atom. The number of nitrogens with two attached hydrogens (primary N) is 2. The first-order valence-electron chi connectivity index (χ1n) is 9.27. The van der Waals surface area contributed by atoms with Crippen LogP contribution < -0.4 is 11.5 Å². The lowest BCUT2D eigenvalue weighted by molar-refractivity contribution is 0.795. The molecule has 0 amide bonds. The molecule has 4 aromatic carbocycles. The van der Waals surface area contributed by atoms with E-state index >= 15 is 0 Å². The van der Waals surface area contributed by atoms with Crippen molar-refractivity contribution in [1.29, 1.82) is 0 Å². The molecule has 0 atom stereocenters. The fourth-order valence-electron chi connectivity index (χ4n) is 3.71. The second kappa shape index (κ2) is 6.72. The Morgan fingerprint density at radius 3 is 2.38 bits per heavy atom. The molecule has 130 valence electrons. The first-order chi connectivity index (χ1) is 12.7. The van der Waals surface area contributed by atoms with Gasteiger partial charge in [0, 0.05) is 22.1 Å². The Balaban J connectivity index is 1.89. The highest BCUT2D eigenvalue weighted by Gasteiger charge is 2.10. The fourth-order valence-corrected chi connectivity index (χ4v) is 3.71. The molecule has 0 radical (unpaired) electrons. The van der Waals surface area contributed by atoms with Gasteiger partial charge in [0.2, 0.25) is 0 Å². The molecule has 0 saturated heterocycles. The summed E-state index contributed by atoms with van der Waals surface area (Å²) < 4.78 is 0. The van der Waals surface area contributed by atoms with Crippen molar-refractivity contribution >= 4 is 32.9 Å². The van der Waals surface area contributed by atoms with Crippen LogP contribution in [0.4, 0.5) is 11.4 Å². The minimum atomic E-state index is 0.759. The average Bonchev–Trinajstić information content (AvgIpc) is 2.66. The molecule has 0 spiro atoms. The number of fused-ring (bicyclic) bond motifs is 2. The van der Waals surface area contributed by atoms with Gasteiger partial charge in [-0.15, -0.1) is 0 Å². The molecule has 2 heteroatoms. The SMILES string of the molecule is CCCCc1ccc(-c2cccc3cc4cc(N)ccc4c(N)c23)cc1. The summed E-state index contributed by atoms with van der Waals surface area (Å²) in [4.78, 5) is 0. The van der Waals surface area contributed by atoms with E-state index in [-0.39, 0.29) is 0 Å². The molecule has 0 aliphatic heterocycles. The molecule has 0 aliphatic carbocycles. The van der Waals surface area contributed by atoms with Gasteiger partial charge in [0.15, 0.2) is 0 Å². The number of rotatable bonds is 4. The van der Waals surface area contributed by atoms with E-state index in [1.54, 1.807) is 0 Å². The van der Waals surface area contributed by atoms with E-state index in [2.05, 4.69) is 55.5 Å². The summed E-state index contributed by atoms with van der Waals surface area (Å²) in [5.41, 5.74) is 17.9. The summed E-state index contributed by atoms with van der Waals surface area (Å²) in [7, 11) is 0. The lowest BCUT2D eigenvalue weighted by Gasteiger charge is -2.13. The normalized spacial score (nSPS) is 11.3. The molecule has 0 aromatic heterocycles. The number of aryl methyl sites for hydroxylation is 1. The summed E-state index contributed by atoms with van der Waals surface area (Å²) in [5.74, 6) is 0. The van der Waals surface area contributed by atoms with Gasteiger partial charge < -0.3 is 11.5 Å². The summed E-state index contributed by atoms with van der Waals surface area (Å²) >= 11 is 0. The van der Waals surface area contributed by atoms with Crippen LogP contribution in [0.5, 0.6) is 0 Å². The van der Waals surface area contributed by atoms with Crippen LogP contribution in [0.15, 0.2) is 66.7 Å². The van der Waals surface area contributed by atoms with Gasteiger partial charge in [0.25, 0.3) is 0 Å². The number of anilines is 2. The van der Waals surface area contributed by atoms with Crippen LogP contribution in [0.25, 0.3) is 32.7 Å². The zero-order chi connectivity index (χ0) is 18.1. The molecule has 0 bridgehead atoms. The van der Waals surface area contributed by atoms with Crippen LogP contribution in [0, 0.1) is 0 Å². The van der Waals surface area contributed by atoms with E-state index in [9.17, 15) is 0 Å². The van der Waals surface area contributed by atoms with Crippen molar-refractivity contribution < 1.29 is 0 Å². The maximum absolute atomic E-state index is 6.60. The number of benzene rings is 4. The molecule has 26 heavy (non-hydrogen) atoms. The zero-order valence-corrected chi connectivity index (χ0v) is 15.1. The van der Waals surface area contributed by atoms with Gasteiger partial charge in [-0.3, -0.25) is 0 Å². The highest BCUT2D eigenvalue weighted by atomic mass is 14.6. The third-order valence-corrected chi connectivity index (χ3v) is 5.13. The molecule has 0 aliphatic rings. The van der Waals surface area contributed by atoms with E-state index in [0.717, 1.165) is 39.3 Å². The Labute approximate surface area is 154 Å². The van der Waals surface area contributed by atoms with E-state index in [0.29, 0.717) is 0 Å². The molecule has 0 fully saturated rings. The van der Waals surface area contributed by atoms with Gasteiger partial charge in [-0.2, -0.15) is 0 Å². The molecule has 0 saturated carbocycles. The Bertz CT molecular complexity index is 1080. The zero-order valence-electron chi connectivity index (χ0n) is 15.1. The molecule has 4 N–H and O–H groups in total. The minimum Gasteiger partial charge on any atom is -0.399 e. The molecular weight excluding hydrogens is 316 g/mol. The maximum Gasteiger partial charge on any atom is 0.0479 e. The van der Waals surface area contributed by atoms with Crippen molar-refractivity contribution in [1.82, 2.24) is 0 Å². The summed E-state index contributed by atoms with van der Waals surface area (Å²) in [5, 5.41) is 4.40. The molecule has 0 heterocycles. The smallest absolute Gasteiger partial charge is 0.0479 e. The van der Waals surface area contributed by atoms with E-state index in [1.165, 1.54) is 29.5 Å². The van der Waals surface area contributed by atoms with E-state index in [1.807, 2.05) is 18.2 Å². The quantitative estimate of drug-likeness (QED) is 0.345. The van der Waals surface area contributed by atoms with Gasteiger partial charge in [0.1, 0.15) is 0 Å². The van der Waals surface area contributed by atoms with Crippen molar-refractivity contribution in [2.45, 2.75) is 26.2 Å². The second-order valence-electron chi connectivity index (χ2n) is 6.97. The Morgan fingerprint density at radius 1 is 0.808 bits per heavy atom. The van der Waals surface area contributed by atoms with Crippen LogP contribution in [0.1, 0.15) is 25.3 Å². The Kier molecular flexibility index (Phi) is 4.26. The average molecular weight is 340 g/mol. The molecule has 0 unspecified atom stereocenters. The van der Waals surface area contributed by atoms with Gasteiger partial charge in [-0.05, 0) is 58.5 Å². The van der Waals surface area contributed by atoms with Crippen molar-refractivity contribution in [3.63, 3.8) is 0 Å². The number of unbranched alkanes of at least 4 members (excludes halogenated alkanes) is 1. The van der Waals surface area contributed by atoms with Crippen LogP contribution >= 0.6 is 0 Å². The minimum absolute atomic E-state index is 0.759.